The molecule has 0 aromatic carbocycles. The average Bonchev–Trinajstić information content (AvgIpc) is 2.75. The first kappa shape index (κ1) is 12.2. The van der Waals surface area contributed by atoms with Crippen molar-refractivity contribution in [2.45, 2.75) is 59.5 Å². The normalized spacial score (nSPS) is 46.4. The van der Waals surface area contributed by atoms with Crippen LogP contribution in [-0.2, 0) is 0 Å². The summed E-state index contributed by atoms with van der Waals surface area (Å²) in [5.74, 6) is 1.75. The summed E-state index contributed by atoms with van der Waals surface area (Å²) in [4.78, 5) is 0. The van der Waals surface area contributed by atoms with E-state index in [0.29, 0.717) is 17.3 Å². The fraction of sp³-hybridized carbons (Fsp3) is 0.867. The van der Waals surface area contributed by atoms with Gasteiger partial charge in [-0.25, -0.2) is 0 Å². The maximum absolute atomic E-state index is 10.4. The van der Waals surface area contributed by atoms with E-state index in [1.54, 1.807) is 5.57 Å². The van der Waals surface area contributed by atoms with Gasteiger partial charge in [-0.05, 0) is 55.8 Å². The third kappa shape index (κ3) is 2.07. The molecule has 0 amide bonds. The molecule has 92 valence electrons. The van der Waals surface area contributed by atoms with Gasteiger partial charge in [-0.2, -0.15) is 0 Å². The fourth-order valence-corrected chi connectivity index (χ4v) is 3.62. The van der Waals surface area contributed by atoms with Crippen LogP contribution in [0.15, 0.2) is 11.6 Å². The summed E-state index contributed by atoms with van der Waals surface area (Å²) in [5.41, 5.74) is 1.92. The number of allylic oxidation sites excluding steroid dienone is 2. The molecule has 0 heterocycles. The molecule has 0 unspecified atom stereocenters. The summed E-state index contributed by atoms with van der Waals surface area (Å²) >= 11 is 0. The van der Waals surface area contributed by atoms with E-state index >= 15 is 0 Å². The molecule has 1 heteroatoms. The molecule has 0 aromatic heterocycles. The molecular weight excluding hydrogens is 196 g/mol. The van der Waals surface area contributed by atoms with Gasteiger partial charge in [0, 0.05) is 0 Å². The van der Waals surface area contributed by atoms with Crippen LogP contribution in [0.25, 0.3) is 0 Å². The van der Waals surface area contributed by atoms with Crippen LogP contribution in [0.2, 0.25) is 0 Å². The first-order valence-electron chi connectivity index (χ1n) is 6.78. The zero-order valence-electron chi connectivity index (χ0n) is 11.2. The highest BCUT2D eigenvalue weighted by Gasteiger charge is 2.60. The molecule has 0 bridgehead atoms. The number of fused-ring (bicyclic) bond motifs is 1. The number of aliphatic hydroxyl groups is 1. The van der Waals surface area contributed by atoms with Crippen molar-refractivity contribution >= 4 is 0 Å². The predicted molar refractivity (Wildman–Crippen MR) is 68.2 cm³/mol. The molecule has 4 atom stereocenters. The van der Waals surface area contributed by atoms with Gasteiger partial charge in [0.2, 0.25) is 0 Å². The maximum atomic E-state index is 10.4. The molecule has 1 N–H and O–H groups in total. The van der Waals surface area contributed by atoms with Crippen LogP contribution < -0.4 is 0 Å². The number of aliphatic hydroxyl groups excluding tert-OH is 1. The van der Waals surface area contributed by atoms with E-state index in [1.807, 2.05) is 0 Å². The van der Waals surface area contributed by atoms with E-state index in [1.165, 1.54) is 12.8 Å². The van der Waals surface area contributed by atoms with Crippen molar-refractivity contribution < 1.29 is 5.11 Å². The Labute approximate surface area is 99.9 Å². The summed E-state index contributed by atoms with van der Waals surface area (Å²) in [6.45, 7) is 9.12. The van der Waals surface area contributed by atoms with Crippen molar-refractivity contribution in [1.29, 1.82) is 0 Å². The molecule has 0 saturated heterocycles. The monoisotopic (exact) mass is 222 g/mol. The average molecular weight is 222 g/mol. The quantitative estimate of drug-likeness (QED) is 0.618. The Hall–Kier alpha value is -0.300. The van der Waals surface area contributed by atoms with Crippen molar-refractivity contribution in [2.75, 3.05) is 0 Å². The number of rotatable bonds is 0. The highest BCUT2D eigenvalue weighted by atomic mass is 16.3. The Bertz CT molecular complexity index is 290. The van der Waals surface area contributed by atoms with Gasteiger partial charge in [0.25, 0.3) is 0 Å². The van der Waals surface area contributed by atoms with Crippen molar-refractivity contribution in [3.8, 4) is 0 Å². The lowest BCUT2D eigenvalue weighted by molar-refractivity contribution is 0.0758. The van der Waals surface area contributed by atoms with Crippen molar-refractivity contribution in [2.24, 2.45) is 23.2 Å². The Morgan fingerprint density at radius 2 is 2.00 bits per heavy atom. The second-order valence-corrected chi connectivity index (χ2v) is 6.59. The smallest absolute Gasteiger partial charge is 0.0602 e. The number of hydrogen-bond donors (Lipinski definition) is 1. The number of hydrogen-bond acceptors (Lipinski definition) is 1. The van der Waals surface area contributed by atoms with E-state index in [0.717, 1.165) is 18.8 Å². The van der Waals surface area contributed by atoms with Crippen molar-refractivity contribution in [1.82, 2.24) is 0 Å². The van der Waals surface area contributed by atoms with Gasteiger partial charge in [0.05, 0.1) is 6.10 Å². The van der Waals surface area contributed by atoms with Crippen LogP contribution in [-0.4, -0.2) is 11.2 Å². The van der Waals surface area contributed by atoms with E-state index in [4.69, 9.17) is 0 Å². The predicted octanol–water partition coefficient (Wildman–Crippen LogP) is 3.78. The van der Waals surface area contributed by atoms with E-state index in [9.17, 15) is 5.11 Å². The Kier molecular flexibility index (Phi) is 3.18. The highest BCUT2D eigenvalue weighted by Crippen LogP contribution is 2.63. The largest absolute Gasteiger partial charge is 0.393 e. The lowest BCUT2D eigenvalue weighted by atomic mass is 9.91. The Morgan fingerprint density at radius 1 is 1.31 bits per heavy atom. The molecule has 0 spiro atoms. The van der Waals surface area contributed by atoms with Gasteiger partial charge in [-0.15, -0.1) is 0 Å². The first-order valence-corrected chi connectivity index (χ1v) is 6.78. The van der Waals surface area contributed by atoms with Gasteiger partial charge in [-0.1, -0.05) is 32.4 Å². The Morgan fingerprint density at radius 3 is 2.69 bits per heavy atom. The minimum absolute atomic E-state index is 0.0770. The lowest BCUT2D eigenvalue weighted by Crippen LogP contribution is -2.22. The second kappa shape index (κ2) is 4.18. The SMILES string of the molecule is C/C1=C\CC[C@H](C)[C@H](O)[C@@H]2[C@@H](CC1)C2(C)C. The fourth-order valence-electron chi connectivity index (χ4n) is 3.62. The van der Waals surface area contributed by atoms with Gasteiger partial charge in [0.1, 0.15) is 0 Å². The van der Waals surface area contributed by atoms with Crippen molar-refractivity contribution in [3.63, 3.8) is 0 Å². The van der Waals surface area contributed by atoms with Crippen LogP contribution in [0.3, 0.4) is 0 Å². The van der Waals surface area contributed by atoms with Gasteiger partial charge >= 0.3 is 0 Å². The molecule has 1 fully saturated rings. The van der Waals surface area contributed by atoms with Crippen LogP contribution in [0.4, 0.5) is 0 Å². The molecule has 2 aliphatic carbocycles. The summed E-state index contributed by atoms with van der Waals surface area (Å²) in [6.07, 6.45) is 7.07. The molecule has 0 radical (unpaired) electrons. The molecule has 1 saturated carbocycles. The summed E-state index contributed by atoms with van der Waals surface area (Å²) in [7, 11) is 0. The zero-order chi connectivity index (χ0) is 11.9. The van der Waals surface area contributed by atoms with Gasteiger partial charge in [-0.3, -0.25) is 0 Å². The summed E-state index contributed by atoms with van der Waals surface area (Å²) in [6, 6.07) is 0. The maximum Gasteiger partial charge on any atom is 0.0602 e. The van der Waals surface area contributed by atoms with Crippen LogP contribution in [0, 0.1) is 23.2 Å². The van der Waals surface area contributed by atoms with Gasteiger partial charge < -0.3 is 5.11 Å². The third-order valence-electron chi connectivity index (χ3n) is 5.05. The van der Waals surface area contributed by atoms with E-state index in [2.05, 4.69) is 33.8 Å². The Balaban J connectivity index is 2.12. The zero-order valence-corrected chi connectivity index (χ0v) is 11.2. The minimum Gasteiger partial charge on any atom is -0.393 e. The lowest BCUT2D eigenvalue weighted by Gasteiger charge is -2.20. The molecule has 16 heavy (non-hydrogen) atoms. The van der Waals surface area contributed by atoms with E-state index in [-0.39, 0.29) is 6.10 Å². The summed E-state index contributed by atoms with van der Waals surface area (Å²) in [5, 5.41) is 10.4. The van der Waals surface area contributed by atoms with Crippen LogP contribution in [0.5, 0.6) is 0 Å². The van der Waals surface area contributed by atoms with Crippen LogP contribution >= 0.6 is 0 Å². The van der Waals surface area contributed by atoms with Crippen LogP contribution in [0.1, 0.15) is 53.4 Å². The third-order valence-corrected chi connectivity index (χ3v) is 5.05. The topological polar surface area (TPSA) is 20.2 Å². The second-order valence-electron chi connectivity index (χ2n) is 6.59. The first-order chi connectivity index (χ1) is 7.44. The molecule has 0 aromatic rings. The van der Waals surface area contributed by atoms with Gasteiger partial charge in [0.15, 0.2) is 0 Å². The molecule has 0 aliphatic heterocycles. The molecular formula is C15H26O. The molecule has 2 rings (SSSR count). The molecule has 2 aliphatic rings. The highest BCUT2D eigenvalue weighted by molar-refractivity contribution is 5.11. The van der Waals surface area contributed by atoms with Crippen molar-refractivity contribution in [3.05, 3.63) is 11.6 Å². The molecule has 1 nitrogen and oxygen atoms in total. The van der Waals surface area contributed by atoms with E-state index < -0.39 is 0 Å². The summed E-state index contributed by atoms with van der Waals surface area (Å²) < 4.78 is 0. The standard InChI is InChI=1S/C15H26O/c1-10-6-5-7-11(2)14(16)13-12(9-8-10)15(13,3)4/h6,11-14,16H,5,7-9H2,1-4H3/b10-6+/t11-,12+,13-,14-/m0/s1. The minimum atomic E-state index is -0.0770.